The van der Waals surface area contributed by atoms with E-state index in [0.29, 0.717) is 12.1 Å². The highest BCUT2D eigenvalue weighted by molar-refractivity contribution is 7.91. The lowest BCUT2D eigenvalue weighted by atomic mass is 10.2. The third-order valence-electron chi connectivity index (χ3n) is 2.80. The normalized spacial score (nSPS) is 11.1. The van der Waals surface area contributed by atoms with Crippen LogP contribution in [0.15, 0.2) is 64.4 Å². The molecule has 4 nitrogen and oxygen atoms in total. The summed E-state index contributed by atoms with van der Waals surface area (Å²) in [5.74, 6) is -0.280. The van der Waals surface area contributed by atoms with Gasteiger partial charge in [-0.25, -0.2) is 8.42 Å². The van der Waals surface area contributed by atoms with Crippen molar-refractivity contribution >= 4 is 15.7 Å². The van der Waals surface area contributed by atoms with Crippen LogP contribution in [0, 0.1) is 0 Å². The van der Waals surface area contributed by atoms with Crippen molar-refractivity contribution in [2.45, 2.75) is 16.7 Å². The summed E-state index contributed by atoms with van der Waals surface area (Å²) in [6, 6.07) is 14.2. The van der Waals surface area contributed by atoms with E-state index in [2.05, 4.69) is 5.32 Å². The van der Waals surface area contributed by atoms with Crippen LogP contribution in [0.4, 0.5) is 0 Å². The van der Waals surface area contributed by atoms with Gasteiger partial charge in [0.15, 0.2) is 0 Å². The summed E-state index contributed by atoms with van der Waals surface area (Å²) in [5, 5.41) is 2.65. The van der Waals surface area contributed by atoms with Gasteiger partial charge in [0.2, 0.25) is 9.84 Å². The monoisotopic (exact) mass is 289 g/mol. The molecule has 0 atom stereocenters. The fourth-order valence-corrected chi connectivity index (χ4v) is 3.13. The third-order valence-corrected chi connectivity index (χ3v) is 4.56. The molecule has 104 valence electrons. The van der Waals surface area contributed by atoms with E-state index >= 15 is 0 Å². The molecule has 0 radical (unpaired) electrons. The highest BCUT2D eigenvalue weighted by Gasteiger charge is 2.18. The van der Waals surface area contributed by atoms with E-state index in [-0.39, 0.29) is 15.7 Å². The molecular weight excluding hydrogens is 274 g/mol. The number of nitrogens with one attached hydrogen (secondary N) is 1. The average Bonchev–Trinajstić information content (AvgIpc) is 2.48. The van der Waals surface area contributed by atoms with Gasteiger partial charge >= 0.3 is 0 Å². The Morgan fingerprint density at radius 3 is 2.30 bits per heavy atom. The zero-order valence-corrected chi connectivity index (χ0v) is 11.9. The zero-order valence-electron chi connectivity index (χ0n) is 11.0. The smallest absolute Gasteiger partial charge is 0.251 e. The van der Waals surface area contributed by atoms with Gasteiger partial charge in [-0.3, -0.25) is 4.79 Å². The van der Waals surface area contributed by atoms with Crippen LogP contribution in [0.25, 0.3) is 0 Å². The Bertz CT molecular complexity index is 709. The first-order chi connectivity index (χ1) is 9.55. The maximum Gasteiger partial charge on any atom is 0.251 e. The van der Waals surface area contributed by atoms with E-state index in [1.807, 2.05) is 6.92 Å². The van der Waals surface area contributed by atoms with Crippen LogP contribution in [0.1, 0.15) is 17.3 Å². The van der Waals surface area contributed by atoms with Gasteiger partial charge in [-0.1, -0.05) is 24.3 Å². The fraction of sp³-hybridized carbons (Fsp3) is 0.133. The molecule has 0 aliphatic rings. The van der Waals surface area contributed by atoms with E-state index < -0.39 is 9.84 Å². The first-order valence-corrected chi connectivity index (χ1v) is 7.72. The van der Waals surface area contributed by atoms with E-state index in [9.17, 15) is 13.2 Å². The Hall–Kier alpha value is -2.14. The Morgan fingerprint density at radius 1 is 1.00 bits per heavy atom. The standard InChI is InChI=1S/C15H15NO3S/c1-2-16-15(17)12-7-6-10-14(11-12)20(18,19)13-8-4-3-5-9-13/h3-11H,2H2,1H3,(H,16,17). The van der Waals surface area contributed by atoms with Crippen molar-refractivity contribution in [2.75, 3.05) is 6.54 Å². The first-order valence-electron chi connectivity index (χ1n) is 6.24. The molecule has 2 aromatic rings. The molecule has 0 aliphatic heterocycles. The minimum absolute atomic E-state index is 0.118. The molecule has 20 heavy (non-hydrogen) atoms. The van der Waals surface area contributed by atoms with Crippen LogP contribution in [0.3, 0.4) is 0 Å². The summed E-state index contributed by atoms with van der Waals surface area (Å²) in [4.78, 5) is 12.1. The highest BCUT2D eigenvalue weighted by Crippen LogP contribution is 2.21. The van der Waals surface area contributed by atoms with Crippen molar-refractivity contribution in [3.8, 4) is 0 Å². The third kappa shape index (κ3) is 2.88. The lowest BCUT2D eigenvalue weighted by Gasteiger charge is -2.07. The quantitative estimate of drug-likeness (QED) is 0.939. The minimum atomic E-state index is -3.59. The van der Waals surface area contributed by atoms with Gasteiger partial charge in [-0.05, 0) is 37.3 Å². The summed E-state index contributed by atoms with van der Waals surface area (Å²) in [7, 11) is -3.59. The number of carbonyl (C=O) groups is 1. The van der Waals surface area contributed by atoms with Crippen molar-refractivity contribution in [1.82, 2.24) is 5.32 Å². The highest BCUT2D eigenvalue weighted by atomic mass is 32.2. The Balaban J connectivity index is 2.44. The Labute approximate surface area is 118 Å². The van der Waals surface area contributed by atoms with Gasteiger partial charge in [0.25, 0.3) is 5.91 Å². The second-order valence-corrected chi connectivity index (χ2v) is 6.15. The Morgan fingerprint density at radius 2 is 1.65 bits per heavy atom. The van der Waals surface area contributed by atoms with Crippen molar-refractivity contribution in [3.63, 3.8) is 0 Å². The number of sulfone groups is 1. The second kappa shape index (κ2) is 5.88. The van der Waals surface area contributed by atoms with Crippen molar-refractivity contribution in [2.24, 2.45) is 0 Å². The lowest BCUT2D eigenvalue weighted by molar-refractivity contribution is 0.0955. The summed E-state index contributed by atoms with van der Waals surface area (Å²) >= 11 is 0. The van der Waals surface area contributed by atoms with Crippen LogP contribution in [0.2, 0.25) is 0 Å². The van der Waals surface area contributed by atoms with E-state index in [1.54, 1.807) is 30.3 Å². The second-order valence-electron chi connectivity index (χ2n) is 4.20. The molecule has 0 unspecified atom stereocenters. The van der Waals surface area contributed by atoms with Crippen LogP contribution in [0.5, 0.6) is 0 Å². The summed E-state index contributed by atoms with van der Waals surface area (Å²) in [5.41, 5.74) is 0.337. The number of amides is 1. The molecule has 0 aliphatic carbocycles. The van der Waals surface area contributed by atoms with Gasteiger partial charge in [0.1, 0.15) is 0 Å². The topological polar surface area (TPSA) is 63.2 Å². The van der Waals surface area contributed by atoms with Gasteiger partial charge in [0.05, 0.1) is 9.79 Å². The van der Waals surface area contributed by atoms with Gasteiger partial charge < -0.3 is 5.32 Å². The van der Waals surface area contributed by atoms with Crippen molar-refractivity contribution in [3.05, 3.63) is 60.2 Å². The minimum Gasteiger partial charge on any atom is -0.352 e. The SMILES string of the molecule is CCNC(=O)c1cccc(S(=O)(=O)c2ccccc2)c1. The zero-order chi connectivity index (χ0) is 14.6. The maximum atomic E-state index is 12.4. The molecule has 0 saturated heterocycles. The molecule has 0 spiro atoms. The van der Waals surface area contributed by atoms with Gasteiger partial charge in [-0.15, -0.1) is 0 Å². The number of hydrogen-bond acceptors (Lipinski definition) is 3. The number of carbonyl (C=O) groups excluding carboxylic acids is 1. The molecule has 2 rings (SSSR count). The first kappa shape index (κ1) is 14.3. The van der Waals surface area contributed by atoms with Crippen LogP contribution in [-0.2, 0) is 9.84 Å². The summed E-state index contributed by atoms with van der Waals surface area (Å²) < 4.78 is 24.9. The molecule has 0 heterocycles. The van der Waals surface area contributed by atoms with Crippen LogP contribution >= 0.6 is 0 Å². The number of benzene rings is 2. The largest absolute Gasteiger partial charge is 0.352 e. The molecule has 0 fully saturated rings. The molecule has 0 bridgehead atoms. The molecule has 1 amide bonds. The molecule has 5 heteroatoms. The summed E-state index contributed by atoms with van der Waals surface area (Å²) in [6.07, 6.45) is 0. The molecule has 1 N–H and O–H groups in total. The predicted molar refractivity (Wildman–Crippen MR) is 76.3 cm³/mol. The number of hydrogen-bond donors (Lipinski definition) is 1. The average molecular weight is 289 g/mol. The van der Waals surface area contributed by atoms with E-state index in [0.717, 1.165) is 0 Å². The molecule has 0 aromatic heterocycles. The van der Waals surface area contributed by atoms with Crippen LogP contribution in [-0.4, -0.2) is 20.9 Å². The fourth-order valence-electron chi connectivity index (χ4n) is 1.80. The summed E-state index contributed by atoms with van der Waals surface area (Å²) in [6.45, 7) is 2.30. The predicted octanol–water partition coefficient (Wildman–Crippen LogP) is 2.27. The maximum absolute atomic E-state index is 12.4. The lowest BCUT2D eigenvalue weighted by Crippen LogP contribution is -2.22. The van der Waals surface area contributed by atoms with E-state index in [1.165, 1.54) is 24.3 Å². The molecule has 2 aromatic carbocycles. The molecule has 0 saturated carbocycles. The van der Waals surface area contributed by atoms with Crippen molar-refractivity contribution < 1.29 is 13.2 Å². The van der Waals surface area contributed by atoms with E-state index in [4.69, 9.17) is 0 Å². The molecular formula is C15H15NO3S. The number of rotatable bonds is 4. The van der Waals surface area contributed by atoms with Crippen LogP contribution < -0.4 is 5.32 Å². The van der Waals surface area contributed by atoms with Crippen molar-refractivity contribution in [1.29, 1.82) is 0 Å². The van der Waals surface area contributed by atoms with Gasteiger partial charge in [-0.2, -0.15) is 0 Å². The Kier molecular flexibility index (Phi) is 4.20. The van der Waals surface area contributed by atoms with Gasteiger partial charge in [0, 0.05) is 12.1 Å².